The standard InChI is InChI=1S/C14H30N2/c1-12(11-15)7-10-16(4)13-5-8-14(2,3)9-6-13/h12-13H,5-11,15H2,1-4H3. The van der Waals surface area contributed by atoms with Crippen LogP contribution in [0.2, 0.25) is 0 Å². The summed E-state index contributed by atoms with van der Waals surface area (Å²) in [7, 11) is 2.28. The molecule has 1 rings (SSSR count). The van der Waals surface area contributed by atoms with E-state index in [2.05, 4.69) is 32.7 Å². The minimum Gasteiger partial charge on any atom is -0.330 e. The molecule has 1 fully saturated rings. The van der Waals surface area contributed by atoms with Gasteiger partial charge in [0.15, 0.2) is 0 Å². The van der Waals surface area contributed by atoms with Crippen molar-refractivity contribution in [1.82, 2.24) is 4.90 Å². The maximum atomic E-state index is 5.65. The normalized spacial score (nSPS) is 23.6. The highest BCUT2D eigenvalue weighted by molar-refractivity contribution is 4.82. The molecule has 0 aromatic heterocycles. The highest BCUT2D eigenvalue weighted by Crippen LogP contribution is 2.36. The van der Waals surface area contributed by atoms with Crippen molar-refractivity contribution < 1.29 is 0 Å². The van der Waals surface area contributed by atoms with Crippen LogP contribution in [0.15, 0.2) is 0 Å². The summed E-state index contributed by atoms with van der Waals surface area (Å²) in [6.45, 7) is 9.09. The van der Waals surface area contributed by atoms with E-state index in [1.807, 2.05) is 0 Å². The van der Waals surface area contributed by atoms with Crippen molar-refractivity contribution in [2.75, 3.05) is 20.1 Å². The smallest absolute Gasteiger partial charge is 0.00926 e. The average molecular weight is 226 g/mol. The van der Waals surface area contributed by atoms with Gasteiger partial charge in [-0.15, -0.1) is 0 Å². The Bertz CT molecular complexity index is 191. The first-order valence-electron chi connectivity index (χ1n) is 6.85. The number of nitrogens with two attached hydrogens (primary N) is 1. The van der Waals surface area contributed by atoms with Crippen LogP contribution in [0.5, 0.6) is 0 Å². The third kappa shape index (κ3) is 4.42. The molecule has 2 heteroatoms. The Kier molecular flexibility index (Phi) is 5.26. The zero-order valence-electron chi connectivity index (χ0n) is 11.6. The molecule has 1 aliphatic rings. The monoisotopic (exact) mass is 226 g/mol. The first kappa shape index (κ1) is 14.0. The van der Waals surface area contributed by atoms with Crippen molar-refractivity contribution in [1.29, 1.82) is 0 Å². The second kappa shape index (κ2) is 6.02. The van der Waals surface area contributed by atoms with E-state index in [1.54, 1.807) is 0 Å². The Morgan fingerprint density at radius 1 is 1.31 bits per heavy atom. The first-order chi connectivity index (χ1) is 7.44. The minimum absolute atomic E-state index is 0.585. The third-order valence-corrected chi connectivity index (χ3v) is 4.31. The summed E-state index contributed by atoms with van der Waals surface area (Å²) in [5.41, 5.74) is 6.24. The van der Waals surface area contributed by atoms with Crippen LogP contribution in [0.1, 0.15) is 52.9 Å². The Hall–Kier alpha value is -0.0800. The number of nitrogens with zero attached hydrogens (tertiary/aromatic N) is 1. The average Bonchev–Trinajstić information content (AvgIpc) is 2.25. The third-order valence-electron chi connectivity index (χ3n) is 4.31. The molecule has 1 saturated carbocycles. The van der Waals surface area contributed by atoms with Crippen molar-refractivity contribution in [3.8, 4) is 0 Å². The fraction of sp³-hybridized carbons (Fsp3) is 1.00. The molecule has 0 bridgehead atoms. The first-order valence-corrected chi connectivity index (χ1v) is 6.85. The Morgan fingerprint density at radius 3 is 2.38 bits per heavy atom. The molecule has 1 unspecified atom stereocenters. The molecular formula is C14H30N2. The summed E-state index contributed by atoms with van der Waals surface area (Å²) < 4.78 is 0. The molecular weight excluding hydrogens is 196 g/mol. The summed E-state index contributed by atoms with van der Waals surface area (Å²) in [5, 5.41) is 0. The predicted molar refractivity (Wildman–Crippen MR) is 71.5 cm³/mol. The van der Waals surface area contributed by atoms with E-state index in [1.165, 1.54) is 38.6 Å². The van der Waals surface area contributed by atoms with Gasteiger partial charge in [0.05, 0.1) is 0 Å². The Morgan fingerprint density at radius 2 is 1.88 bits per heavy atom. The lowest BCUT2D eigenvalue weighted by Gasteiger charge is -2.38. The molecule has 16 heavy (non-hydrogen) atoms. The highest BCUT2D eigenvalue weighted by Gasteiger charge is 2.28. The van der Waals surface area contributed by atoms with Gasteiger partial charge in [0.2, 0.25) is 0 Å². The molecule has 1 aliphatic carbocycles. The minimum atomic E-state index is 0.585. The number of hydrogen-bond acceptors (Lipinski definition) is 2. The van der Waals surface area contributed by atoms with Crippen LogP contribution in [0.4, 0.5) is 0 Å². The second-order valence-corrected chi connectivity index (χ2v) is 6.51. The van der Waals surface area contributed by atoms with Crippen LogP contribution in [0.3, 0.4) is 0 Å². The van der Waals surface area contributed by atoms with Crippen LogP contribution in [0.25, 0.3) is 0 Å². The molecule has 2 nitrogen and oxygen atoms in total. The van der Waals surface area contributed by atoms with Gasteiger partial charge in [-0.25, -0.2) is 0 Å². The van der Waals surface area contributed by atoms with Gasteiger partial charge in [-0.2, -0.15) is 0 Å². The Labute approximate surface area is 102 Å². The van der Waals surface area contributed by atoms with Crippen LogP contribution in [-0.4, -0.2) is 31.1 Å². The van der Waals surface area contributed by atoms with E-state index in [9.17, 15) is 0 Å². The fourth-order valence-electron chi connectivity index (χ4n) is 2.55. The van der Waals surface area contributed by atoms with Crippen molar-refractivity contribution in [2.24, 2.45) is 17.1 Å². The van der Waals surface area contributed by atoms with Gasteiger partial charge in [-0.1, -0.05) is 20.8 Å². The van der Waals surface area contributed by atoms with Crippen LogP contribution < -0.4 is 5.73 Å². The van der Waals surface area contributed by atoms with Gasteiger partial charge in [0.1, 0.15) is 0 Å². The molecule has 0 aromatic carbocycles. The van der Waals surface area contributed by atoms with E-state index in [4.69, 9.17) is 5.73 Å². The van der Waals surface area contributed by atoms with Gasteiger partial charge in [-0.05, 0) is 63.6 Å². The van der Waals surface area contributed by atoms with E-state index in [-0.39, 0.29) is 0 Å². The van der Waals surface area contributed by atoms with Gasteiger partial charge in [-0.3, -0.25) is 0 Å². The summed E-state index contributed by atoms with van der Waals surface area (Å²) >= 11 is 0. The second-order valence-electron chi connectivity index (χ2n) is 6.51. The lowest BCUT2D eigenvalue weighted by atomic mass is 9.75. The van der Waals surface area contributed by atoms with Gasteiger partial charge >= 0.3 is 0 Å². The molecule has 0 aromatic rings. The molecule has 0 amide bonds. The summed E-state index contributed by atoms with van der Waals surface area (Å²) in [6.07, 6.45) is 6.76. The lowest BCUT2D eigenvalue weighted by molar-refractivity contribution is 0.123. The van der Waals surface area contributed by atoms with E-state index in [0.717, 1.165) is 12.6 Å². The molecule has 0 radical (unpaired) electrons. The highest BCUT2D eigenvalue weighted by atomic mass is 15.1. The molecule has 0 spiro atoms. The van der Waals surface area contributed by atoms with Crippen molar-refractivity contribution in [3.63, 3.8) is 0 Å². The van der Waals surface area contributed by atoms with Crippen molar-refractivity contribution in [2.45, 2.75) is 58.9 Å². The number of hydrogen-bond donors (Lipinski definition) is 1. The fourth-order valence-corrected chi connectivity index (χ4v) is 2.55. The van der Waals surface area contributed by atoms with E-state index in [0.29, 0.717) is 11.3 Å². The number of rotatable bonds is 5. The van der Waals surface area contributed by atoms with Gasteiger partial charge in [0.25, 0.3) is 0 Å². The van der Waals surface area contributed by atoms with Gasteiger partial charge < -0.3 is 10.6 Å². The maximum absolute atomic E-state index is 5.65. The van der Waals surface area contributed by atoms with Crippen molar-refractivity contribution >= 4 is 0 Å². The molecule has 0 heterocycles. The largest absolute Gasteiger partial charge is 0.330 e. The molecule has 0 saturated heterocycles. The van der Waals surface area contributed by atoms with Crippen LogP contribution in [-0.2, 0) is 0 Å². The lowest BCUT2D eigenvalue weighted by Crippen LogP contribution is -2.38. The molecule has 0 aliphatic heterocycles. The van der Waals surface area contributed by atoms with Crippen LogP contribution >= 0.6 is 0 Å². The van der Waals surface area contributed by atoms with Gasteiger partial charge in [0, 0.05) is 6.04 Å². The van der Waals surface area contributed by atoms with Crippen LogP contribution in [0, 0.1) is 11.3 Å². The molecule has 1 atom stereocenters. The SMILES string of the molecule is CC(CN)CCN(C)C1CCC(C)(C)CC1. The molecule has 2 N–H and O–H groups in total. The van der Waals surface area contributed by atoms with Crippen molar-refractivity contribution in [3.05, 3.63) is 0 Å². The zero-order valence-corrected chi connectivity index (χ0v) is 11.6. The summed E-state index contributed by atoms with van der Waals surface area (Å²) in [4.78, 5) is 2.56. The topological polar surface area (TPSA) is 29.3 Å². The maximum Gasteiger partial charge on any atom is 0.00926 e. The van der Waals surface area contributed by atoms with E-state index >= 15 is 0 Å². The predicted octanol–water partition coefficient (Wildman–Crippen LogP) is 2.87. The Balaban J connectivity index is 2.25. The summed E-state index contributed by atoms with van der Waals surface area (Å²) in [5.74, 6) is 0.669. The summed E-state index contributed by atoms with van der Waals surface area (Å²) in [6, 6.07) is 0.818. The zero-order chi connectivity index (χ0) is 12.2. The quantitative estimate of drug-likeness (QED) is 0.781. The molecule has 96 valence electrons. The van der Waals surface area contributed by atoms with E-state index < -0.39 is 0 Å².